The second kappa shape index (κ2) is 7.53. The van der Waals surface area contributed by atoms with E-state index in [2.05, 4.69) is 0 Å². The molecule has 1 saturated heterocycles. The molecule has 0 radical (unpaired) electrons. The zero-order valence-corrected chi connectivity index (χ0v) is 15.6. The van der Waals surface area contributed by atoms with Crippen molar-refractivity contribution in [2.45, 2.75) is 25.9 Å². The summed E-state index contributed by atoms with van der Waals surface area (Å²) in [6.45, 7) is 4.98. The normalized spacial score (nSPS) is 17.7. The Morgan fingerprint density at radius 1 is 1.07 bits per heavy atom. The summed E-state index contributed by atoms with van der Waals surface area (Å²) in [4.78, 5) is 29.6. The highest BCUT2D eigenvalue weighted by Gasteiger charge is 2.35. The van der Waals surface area contributed by atoms with Crippen LogP contribution >= 0.6 is 0 Å². The molecular formula is C22H24N2O3. The van der Waals surface area contributed by atoms with Gasteiger partial charge in [-0.05, 0) is 24.1 Å². The highest BCUT2D eigenvalue weighted by Crippen LogP contribution is 2.34. The van der Waals surface area contributed by atoms with E-state index in [0.29, 0.717) is 39.3 Å². The van der Waals surface area contributed by atoms with Crippen LogP contribution in [0.5, 0.6) is 0 Å². The molecular weight excluding hydrogens is 340 g/mol. The molecule has 2 aliphatic rings. The first-order valence-electron chi connectivity index (χ1n) is 9.44. The van der Waals surface area contributed by atoms with Crippen LogP contribution in [0.2, 0.25) is 0 Å². The molecule has 0 spiro atoms. The minimum Gasteiger partial charge on any atom is -0.378 e. The van der Waals surface area contributed by atoms with Crippen molar-refractivity contribution in [1.29, 1.82) is 0 Å². The quantitative estimate of drug-likeness (QED) is 0.838. The number of nitrogens with zero attached hydrogens (tertiary/aromatic N) is 2. The van der Waals surface area contributed by atoms with Crippen molar-refractivity contribution in [2.75, 3.05) is 26.3 Å². The van der Waals surface area contributed by atoms with E-state index in [9.17, 15) is 9.59 Å². The third-order valence-electron chi connectivity index (χ3n) is 5.42. The molecule has 0 aromatic heterocycles. The molecule has 0 N–H and O–H groups in total. The molecule has 2 aromatic rings. The van der Waals surface area contributed by atoms with Gasteiger partial charge in [0.25, 0.3) is 5.91 Å². The van der Waals surface area contributed by atoms with Crippen LogP contribution in [0.1, 0.15) is 39.5 Å². The fraction of sp³-hybridized carbons (Fsp3) is 0.364. The second-order valence-electron chi connectivity index (χ2n) is 7.21. The monoisotopic (exact) mass is 364 g/mol. The fourth-order valence-electron chi connectivity index (χ4n) is 3.83. The van der Waals surface area contributed by atoms with Crippen molar-refractivity contribution in [2.24, 2.45) is 0 Å². The van der Waals surface area contributed by atoms with Gasteiger partial charge in [0.15, 0.2) is 0 Å². The number of hydrogen-bond acceptors (Lipinski definition) is 3. The average molecular weight is 364 g/mol. The van der Waals surface area contributed by atoms with Crippen molar-refractivity contribution < 1.29 is 14.3 Å². The van der Waals surface area contributed by atoms with Gasteiger partial charge in [0.2, 0.25) is 5.91 Å². The number of rotatable bonds is 4. The maximum Gasteiger partial charge on any atom is 0.255 e. The van der Waals surface area contributed by atoms with Gasteiger partial charge in [-0.3, -0.25) is 9.59 Å². The summed E-state index contributed by atoms with van der Waals surface area (Å²) in [5.74, 6) is 0.0820. The predicted molar refractivity (Wildman–Crippen MR) is 102 cm³/mol. The number of carbonyl (C=O) groups excluding carboxylic acids is 2. The summed E-state index contributed by atoms with van der Waals surface area (Å²) in [6.07, 6.45) is 0.294. The molecule has 140 valence electrons. The van der Waals surface area contributed by atoms with Gasteiger partial charge in [0.05, 0.1) is 25.7 Å². The van der Waals surface area contributed by atoms with Crippen molar-refractivity contribution in [3.63, 3.8) is 0 Å². The maximum absolute atomic E-state index is 13.0. The Bertz CT molecular complexity index is 841. The third-order valence-corrected chi connectivity index (χ3v) is 5.42. The van der Waals surface area contributed by atoms with Crippen LogP contribution in [0.3, 0.4) is 0 Å². The zero-order chi connectivity index (χ0) is 18.8. The maximum atomic E-state index is 13.0. The largest absolute Gasteiger partial charge is 0.378 e. The van der Waals surface area contributed by atoms with E-state index in [1.165, 1.54) is 0 Å². The number of benzene rings is 2. The average Bonchev–Trinajstić information content (AvgIpc) is 3.04. The fourth-order valence-corrected chi connectivity index (χ4v) is 3.83. The number of fused-ring (bicyclic) bond motifs is 1. The van der Waals surface area contributed by atoms with E-state index >= 15 is 0 Å². The molecule has 27 heavy (non-hydrogen) atoms. The third kappa shape index (κ3) is 3.60. The number of hydrogen-bond donors (Lipinski definition) is 0. The van der Waals surface area contributed by atoms with E-state index in [1.807, 2.05) is 65.3 Å². The molecule has 2 heterocycles. The van der Waals surface area contributed by atoms with Crippen molar-refractivity contribution >= 4 is 11.8 Å². The van der Waals surface area contributed by atoms with Gasteiger partial charge >= 0.3 is 0 Å². The molecule has 2 aromatic carbocycles. The summed E-state index contributed by atoms with van der Waals surface area (Å²) < 4.78 is 5.35. The van der Waals surface area contributed by atoms with Gasteiger partial charge in [0, 0.05) is 25.2 Å². The molecule has 2 aliphatic heterocycles. The Morgan fingerprint density at radius 3 is 2.48 bits per heavy atom. The Labute approximate surface area is 159 Å². The lowest BCUT2D eigenvalue weighted by atomic mass is 10.00. The van der Waals surface area contributed by atoms with E-state index in [1.54, 1.807) is 0 Å². The zero-order valence-electron chi connectivity index (χ0n) is 15.6. The number of aryl methyl sites for hydroxylation is 1. The molecule has 0 unspecified atom stereocenters. The van der Waals surface area contributed by atoms with Crippen LogP contribution in [-0.2, 0) is 16.1 Å². The minimum atomic E-state index is -0.263. The van der Waals surface area contributed by atoms with Gasteiger partial charge in [0.1, 0.15) is 0 Å². The second-order valence-corrected chi connectivity index (χ2v) is 7.21. The standard InChI is InChI=1S/C22H24N2O3/c1-16-6-8-17(9-7-16)20(14-21(25)23-10-12-27-13-11-23)24-15-18-4-2-3-5-19(18)22(24)26/h2-9,20H,10-15H2,1H3/t20-/m0/s1. The molecule has 0 aliphatic carbocycles. The van der Waals surface area contributed by atoms with Crippen LogP contribution < -0.4 is 0 Å². The Kier molecular flexibility index (Phi) is 4.94. The van der Waals surface area contributed by atoms with Gasteiger partial charge in [-0.15, -0.1) is 0 Å². The molecule has 1 fully saturated rings. The van der Waals surface area contributed by atoms with Crippen molar-refractivity contribution in [1.82, 2.24) is 9.80 Å². The van der Waals surface area contributed by atoms with Gasteiger partial charge < -0.3 is 14.5 Å². The smallest absolute Gasteiger partial charge is 0.255 e. The lowest BCUT2D eigenvalue weighted by molar-refractivity contribution is -0.136. The summed E-state index contributed by atoms with van der Waals surface area (Å²) in [7, 11) is 0. The van der Waals surface area contributed by atoms with E-state index in [0.717, 1.165) is 22.3 Å². The number of morpholine rings is 1. The van der Waals surface area contributed by atoms with Crippen LogP contribution in [0.4, 0.5) is 0 Å². The number of carbonyl (C=O) groups is 2. The van der Waals surface area contributed by atoms with Gasteiger partial charge in [-0.1, -0.05) is 48.0 Å². The minimum absolute atomic E-state index is 0.00551. The molecule has 1 atom stereocenters. The molecule has 4 rings (SSSR count). The highest BCUT2D eigenvalue weighted by atomic mass is 16.5. The lowest BCUT2D eigenvalue weighted by Gasteiger charge is -2.32. The summed E-state index contributed by atoms with van der Waals surface area (Å²) in [5, 5.41) is 0. The molecule has 5 heteroatoms. The first kappa shape index (κ1) is 17.7. The molecule has 2 amide bonds. The lowest BCUT2D eigenvalue weighted by Crippen LogP contribution is -2.42. The van der Waals surface area contributed by atoms with Crippen LogP contribution in [0.25, 0.3) is 0 Å². The first-order chi connectivity index (χ1) is 13.1. The summed E-state index contributed by atoms with van der Waals surface area (Å²) in [6, 6.07) is 15.6. The molecule has 0 saturated carbocycles. The van der Waals surface area contributed by atoms with E-state index in [-0.39, 0.29) is 17.9 Å². The Hall–Kier alpha value is -2.66. The first-order valence-corrected chi connectivity index (χ1v) is 9.44. The van der Waals surface area contributed by atoms with E-state index < -0.39 is 0 Å². The molecule has 0 bridgehead atoms. The van der Waals surface area contributed by atoms with E-state index in [4.69, 9.17) is 4.74 Å². The molecule has 5 nitrogen and oxygen atoms in total. The number of ether oxygens (including phenoxy) is 1. The van der Waals surface area contributed by atoms with Crippen LogP contribution in [-0.4, -0.2) is 47.9 Å². The van der Waals surface area contributed by atoms with Crippen LogP contribution in [0.15, 0.2) is 48.5 Å². The summed E-state index contributed by atoms with van der Waals surface area (Å²) in [5.41, 5.74) is 3.93. The van der Waals surface area contributed by atoms with Gasteiger partial charge in [-0.25, -0.2) is 0 Å². The predicted octanol–water partition coefficient (Wildman–Crippen LogP) is 2.94. The van der Waals surface area contributed by atoms with Crippen molar-refractivity contribution in [3.05, 3.63) is 70.8 Å². The topological polar surface area (TPSA) is 49.9 Å². The van der Waals surface area contributed by atoms with Gasteiger partial charge in [-0.2, -0.15) is 0 Å². The van der Waals surface area contributed by atoms with Crippen LogP contribution in [0, 0.1) is 6.92 Å². The Morgan fingerprint density at radius 2 is 1.78 bits per heavy atom. The van der Waals surface area contributed by atoms with Crippen molar-refractivity contribution in [3.8, 4) is 0 Å². The Balaban J connectivity index is 1.61. The SMILES string of the molecule is Cc1ccc([C@H](CC(=O)N2CCOCC2)N2Cc3ccccc3C2=O)cc1. The summed E-state index contributed by atoms with van der Waals surface area (Å²) >= 11 is 0. The number of amides is 2. The highest BCUT2D eigenvalue weighted by molar-refractivity contribution is 5.98.